The zero-order valence-electron chi connectivity index (χ0n) is 16.8. The highest BCUT2D eigenvalue weighted by Crippen LogP contribution is 2.40. The summed E-state index contributed by atoms with van der Waals surface area (Å²) in [4.78, 5) is 29.6. The molecule has 2 aliphatic rings. The van der Waals surface area contributed by atoms with Gasteiger partial charge in [-0.05, 0) is 29.8 Å². The quantitative estimate of drug-likeness (QED) is 0.383. The second-order valence-corrected chi connectivity index (χ2v) is 8.46. The summed E-state index contributed by atoms with van der Waals surface area (Å²) in [5.74, 6) is -1.58. The predicted octanol–water partition coefficient (Wildman–Crippen LogP) is 2.91. The molecule has 0 aliphatic carbocycles. The number of likely N-dealkylation sites (tertiary alicyclic amines) is 1. The second-order valence-electron chi connectivity index (χ2n) is 7.55. The summed E-state index contributed by atoms with van der Waals surface area (Å²) in [6, 6.07) is 12.5. The Morgan fingerprint density at radius 3 is 2.45 bits per heavy atom. The number of halogens is 1. The number of Topliss-reactive ketones (excluding diaryl/α,β-unsaturated/α-hetero) is 1. The molecule has 4 rings (SSSR count). The fourth-order valence-electron chi connectivity index (χ4n) is 3.99. The van der Waals surface area contributed by atoms with Crippen LogP contribution in [0.5, 0.6) is 5.75 Å². The van der Waals surface area contributed by atoms with Crippen LogP contribution in [0.2, 0.25) is 0 Å². The molecule has 0 unspecified atom stereocenters. The van der Waals surface area contributed by atoms with Gasteiger partial charge in [-0.1, -0.05) is 40.2 Å². The molecular weight excluding hydrogens is 464 g/mol. The maximum absolute atomic E-state index is 13.0. The Hall–Kier alpha value is -2.68. The summed E-state index contributed by atoms with van der Waals surface area (Å²) in [7, 11) is 0. The van der Waals surface area contributed by atoms with Crippen LogP contribution in [0.15, 0.2) is 58.6 Å². The van der Waals surface area contributed by atoms with E-state index < -0.39 is 17.7 Å². The van der Waals surface area contributed by atoms with Crippen molar-refractivity contribution in [1.82, 2.24) is 9.80 Å². The van der Waals surface area contributed by atoms with E-state index in [2.05, 4.69) is 20.8 Å². The van der Waals surface area contributed by atoms with E-state index in [0.29, 0.717) is 37.4 Å². The predicted molar refractivity (Wildman–Crippen MR) is 119 cm³/mol. The summed E-state index contributed by atoms with van der Waals surface area (Å²) in [6.45, 7) is 3.71. The highest BCUT2D eigenvalue weighted by Gasteiger charge is 2.46. The summed E-state index contributed by atoms with van der Waals surface area (Å²) in [5, 5.41) is 21.0. The SMILES string of the molecule is O=C1C(=O)N(CCN2CCOCC2)[C@H](c2cccc(O)c2)C1=C(O)c1ccc(Br)cc1. The maximum atomic E-state index is 13.0. The lowest BCUT2D eigenvalue weighted by Gasteiger charge is -2.31. The van der Waals surface area contributed by atoms with Gasteiger partial charge in [-0.3, -0.25) is 14.5 Å². The minimum absolute atomic E-state index is 0.0277. The molecule has 2 fully saturated rings. The molecule has 2 saturated heterocycles. The van der Waals surface area contributed by atoms with Gasteiger partial charge in [0.2, 0.25) is 0 Å². The van der Waals surface area contributed by atoms with Gasteiger partial charge < -0.3 is 19.8 Å². The lowest BCUT2D eigenvalue weighted by atomic mass is 9.95. The van der Waals surface area contributed by atoms with Crippen LogP contribution in [-0.4, -0.2) is 71.1 Å². The highest BCUT2D eigenvalue weighted by molar-refractivity contribution is 9.10. The van der Waals surface area contributed by atoms with E-state index in [9.17, 15) is 19.8 Å². The lowest BCUT2D eigenvalue weighted by molar-refractivity contribution is -0.140. The number of phenols is 1. The highest BCUT2D eigenvalue weighted by atomic mass is 79.9. The van der Waals surface area contributed by atoms with E-state index in [1.807, 2.05) is 0 Å². The number of carbonyl (C=O) groups excluding carboxylic acids is 2. The molecule has 1 amide bonds. The van der Waals surface area contributed by atoms with Gasteiger partial charge in [-0.15, -0.1) is 0 Å². The number of hydrogen-bond donors (Lipinski definition) is 2. The molecule has 8 heteroatoms. The van der Waals surface area contributed by atoms with Gasteiger partial charge in [0.25, 0.3) is 11.7 Å². The number of ketones is 1. The molecule has 7 nitrogen and oxygen atoms in total. The van der Waals surface area contributed by atoms with Crippen LogP contribution in [0, 0.1) is 0 Å². The fraction of sp³-hybridized carbons (Fsp3) is 0.304. The van der Waals surface area contributed by atoms with Gasteiger partial charge in [-0.25, -0.2) is 0 Å². The number of rotatable bonds is 5. The van der Waals surface area contributed by atoms with Crippen molar-refractivity contribution in [1.29, 1.82) is 0 Å². The van der Waals surface area contributed by atoms with Gasteiger partial charge in [0.15, 0.2) is 0 Å². The van der Waals surface area contributed by atoms with Crippen molar-refractivity contribution < 1.29 is 24.5 Å². The number of nitrogens with zero attached hydrogens (tertiary/aromatic N) is 2. The van der Waals surface area contributed by atoms with Crippen LogP contribution in [0.3, 0.4) is 0 Å². The number of aliphatic hydroxyl groups is 1. The van der Waals surface area contributed by atoms with E-state index in [-0.39, 0.29) is 17.1 Å². The van der Waals surface area contributed by atoms with Crippen LogP contribution in [0.4, 0.5) is 0 Å². The normalized spacial score (nSPS) is 21.6. The van der Waals surface area contributed by atoms with Crippen molar-refractivity contribution >= 4 is 33.4 Å². The molecule has 0 saturated carbocycles. The van der Waals surface area contributed by atoms with Crippen LogP contribution >= 0.6 is 15.9 Å². The molecule has 31 heavy (non-hydrogen) atoms. The Morgan fingerprint density at radius 2 is 1.77 bits per heavy atom. The van der Waals surface area contributed by atoms with E-state index >= 15 is 0 Å². The summed E-state index contributed by atoms with van der Waals surface area (Å²) >= 11 is 3.36. The first-order valence-corrected chi connectivity index (χ1v) is 10.9. The third kappa shape index (κ3) is 4.51. The van der Waals surface area contributed by atoms with Gasteiger partial charge in [0.05, 0.1) is 24.8 Å². The molecule has 0 radical (unpaired) electrons. The van der Waals surface area contributed by atoms with Gasteiger partial charge in [0, 0.05) is 36.2 Å². The fourth-order valence-corrected chi connectivity index (χ4v) is 4.25. The standard InChI is InChI=1S/C23H23BrN2O5/c24-17-6-4-15(5-7-17)21(28)19-20(16-2-1-3-18(27)14-16)26(23(30)22(19)29)9-8-25-10-12-31-13-11-25/h1-7,14,20,27-28H,8-13H2/t20-/m1/s1. The van der Waals surface area contributed by atoms with Crippen LogP contribution in [-0.2, 0) is 14.3 Å². The number of benzene rings is 2. The molecule has 0 spiro atoms. The monoisotopic (exact) mass is 486 g/mol. The van der Waals surface area contributed by atoms with E-state index in [1.54, 1.807) is 36.4 Å². The lowest BCUT2D eigenvalue weighted by Crippen LogP contribution is -2.42. The van der Waals surface area contributed by atoms with Crippen molar-refractivity contribution in [3.8, 4) is 5.75 Å². The summed E-state index contributed by atoms with van der Waals surface area (Å²) < 4.78 is 6.20. The number of hydrogen-bond acceptors (Lipinski definition) is 6. The first-order valence-electron chi connectivity index (χ1n) is 10.1. The number of carbonyl (C=O) groups is 2. The Bertz CT molecular complexity index is 1010. The minimum atomic E-state index is -0.781. The number of aliphatic hydroxyl groups excluding tert-OH is 1. The topological polar surface area (TPSA) is 90.3 Å². The van der Waals surface area contributed by atoms with E-state index in [0.717, 1.165) is 17.6 Å². The number of aromatic hydroxyl groups is 1. The van der Waals surface area contributed by atoms with Gasteiger partial charge >= 0.3 is 0 Å². The average molecular weight is 487 g/mol. The Kier molecular flexibility index (Phi) is 6.41. The first kappa shape index (κ1) is 21.5. The molecule has 0 aromatic heterocycles. The van der Waals surface area contributed by atoms with Crippen LogP contribution in [0.25, 0.3) is 5.76 Å². The number of ether oxygens (including phenoxy) is 1. The molecule has 162 valence electrons. The molecule has 2 heterocycles. The summed E-state index contributed by atoms with van der Waals surface area (Å²) in [6.07, 6.45) is 0. The van der Waals surface area contributed by atoms with Crippen LogP contribution in [0.1, 0.15) is 17.2 Å². The summed E-state index contributed by atoms with van der Waals surface area (Å²) in [5.41, 5.74) is 1.04. The number of morpholine rings is 1. The second kappa shape index (κ2) is 9.21. The molecule has 0 bridgehead atoms. The van der Waals surface area contributed by atoms with Crippen molar-refractivity contribution in [2.45, 2.75) is 6.04 Å². The molecule has 2 aliphatic heterocycles. The molecule has 2 aromatic rings. The molecule has 1 atom stereocenters. The van der Waals surface area contributed by atoms with Crippen LogP contribution < -0.4 is 0 Å². The van der Waals surface area contributed by atoms with Crippen molar-refractivity contribution in [2.24, 2.45) is 0 Å². The number of amides is 1. The first-order chi connectivity index (χ1) is 15.0. The van der Waals surface area contributed by atoms with Crippen molar-refractivity contribution in [2.75, 3.05) is 39.4 Å². The van der Waals surface area contributed by atoms with Crippen molar-refractivity contribution in [3.63, 3.8) is 0 Å². The van der Waals surface area contributed by atoms with E-state index in [4.69, 9.17) is 4.74 Å². The molecule has 2 N–H and O–H groups in total. The minimum Gasteiger partial charge on any atom is -0.508 e. The third-order valence-corrected chi connectivity index (χ3v) is 6.13. The Morgan fingerprint density at radius 1 is 1.06 bits per heavy atom. The number of phenolic OH excluding ortho intramolecular Hbond substituents is 1. The third-order valence-electron chi connectivity index (χ3n) is 5.60. The van der Waals surface area contributed by atoms with Crippen molar-refractivity contribution in [3.05, 3.63) is 69.7 Å². The molecular formula is C23H23BrN2O5. The zero-order valence-corrected chi connectivity index (χ0v) is 18.4. The zero-order chi connectivity index (χ0) is 22.0. The van der Waals surface area contributed by atoms with Gasteiger partial charge in [-0.2, -0.15) is 0 Å². The van der Waals surface area contributed by atoms with Gasteiger partial charge in [0.1, 0.15) is 11.5 Å². The maximum Gasteiger partial charge on any atom is 0.295 e. The largest absolute Gasteiger partial charge is 0.508 e. The Balaban J connectivity index is 1.73. The Labute approximate surface area is 188 Å². The van der Waals surface area contributed by atoms with E-state index in [1.165, 1.54) is 17.0 Å². The smallest absolute Gasteiger partial charge is 0.295 e. The molecule has 2 aromatic carbocycles. The average Bonchev–Trinajstić information content (AvgIpc) is 3.03.